The number of likely N-dealkylation sites (tertiary alicyclic amines) is 1. The lowest BCUT2D eigenvalue weighted by Gasteiger charge is -2.25. The van der Waals surface area contributed by atoms with Gasteiger partial charge in [0.05, 0.1) is 4.92 Å². The Morgan fingerprint density at radius 3 is 2.67 bits per heavy atom. The Morgan fingerprint density at radius 2 is 2.05 bits per heavy atom. The molecule has 1 aliphatic rings. The van der Waals surface area contributed by atoms with Crippen LogP contribution >= 0.6 is 11.6 Å². The molecule has 1 aromatic carbocycles. The van der Waals surface area contributed by atoms with Gasteiger partial charge in [-0.05, 0) is 6.07 Å². The molecular formula is C13H13ClN2O5. The molecule has 1 aromatic rings. The topological polar surface area (TPSA) is 89.8 Å². The number of ether oxygens (including phenoxy) is 1. The summed E-state index contributed by atoms with van der Waals surface area (Å²) in [6, 6.07) is 3.90. The Bertz CT molecular complexity index is 580. The van der Waals surface area contributed by atoms with Gasteiger partial charge in [0.2, 0.25) is 0 Å². The van der Waals surface area contributed by atoms with Crippen molar-refractivity contribution in [3.05, 3.63) is 33.3 Å². The van der Waals surface area contributed by atoms with Crippen LogP contribution in [0.1, 0.15) is 12.8 Å². The van der Waals surface area contributed by atoms with E-state index in [2.05, 4.69) is 0 Å². The number of nitro groups is 1. The Labute approximate surface area is 125 Å². The van der Waals surface area contributed by atoms with E-state index >= 15 is 0 Å². The van der Waals surface area contributed by atoms with Crippen LogP contribution in [-0.4, -0.2) is 41.2 Å². The van der Waals surface area contributed by atoms with E-state index in [0.29, 0.717) is 25.9 Å². The summed E-state index contributed by atoms with van der Waals surface area (Å²) in [5.74, 6) is -0.226. The van der Waals surface area contributed by atoms with Crippen LogP contribution in [0.4, 0.5) is 5.69 Å². The minimum atomic E-state index is -0.601. The fourth-order valence-corrected chi connectivity index (χ4v) is 2.15. The third kappa shape index (κ3) is 3.91. The molecule has 0 N–H and O–H groups in total. The minimum absolute atomic E-state index is 0.0473. The molecule has 1 heterocycles. The quantitative estimate of drug-likeness (QED) is 0.625. The summed E-state index contributed by atoms with van der Waals surface area (Å²) in [5.41, 5.74) is -0.249. The molecule has 0 spiro atoms. The van der Waals surface area contributed by atoms with Gasteiger partial charge in [-0.3, -0.25) is 19.7 Å². The van der Waals surface area contributed by atoms with Crippen LogP contribution in [0.25, 0.3) is 0 Å². The van der Waals surface area contributed by atoms with Gasteiger partial charge in [-0.25, -0.2) is 0 Å². The molecule has 0 aliphatic carbocycles. The Hall–Kier alpha value is -2.15. The molecule has 1 fully saturated rings. The van der Waals surface area contributed by atoms with Crippen molar-refractivity contribution in [2.75, 3.05) is 19.7 Å². The number of carbonyl (C=O) groups excluding carboxylic acids is 2. The third-order valence-electron chi connectivity index (χ3n) is 3.14. The summed E-state index contributed by atoms with van der Waals surface area (Å²) >= 11 is 5.77. The molecule has 7 nitrogen and oxygen atoms in total. The van der Waals surface area contributed by atoms with E-state index < -0.39 is 4.92 Å². The second-order valence-electron chi connectivity index (χ2n) is 4.58. The first kappa shape index (κ1) is 15.2. The average Bonchev–Trinajstić information content (AvgIpc) is 2.45. The fraction of sp³-hybridized carbons (Fsp3) is 0.385. The number of amides is 1. The van der Waals surface area contributed by atoms with Crippen LogP contribution < -0.4 is 4.74 Å². The number of nitro benzene ring substituents is 1. The van der Waals surface area contributed by atoms with Crippen molar-refractivity contribution in [3.63, 3.8) is 0 Å². The maximum Gasteiger partial charge on any atom is 0.311 e. The van der Waals surface area contributed by atoms with Crippen LogP contribution in [0, 0.1) is 10.1 Å². The zero-order chi connectivity index (χ0) is 15.4. The van der Waals surface area contributed by atoms with Crippen molar-refractivity contribution in [2.45, 2.75) is 12.8 Å². The maximum atomic E-state index is 11.9. The highest BCUT2D eigenvalue weighted by Gasteiger charge is 2.22. The number of halogens is 1. The summed E-state index contributed by atoms with van der Waals surface area (Å²) in [4.78, 5) is 34.8. The van der Waals surface area contributed by atoms with E-state index in [9.17, 15) is 19.7 Å². The van der Waals surface area contributed by atoms with Gasteiger partial charge in [-0.15, -0.1) is 0 Å². The first-order chi connectivity index (χ1) is 9.97. The van der Waals surface area contributed by atoms with Crippen LogP contribution in [0.2, 0.25) is 5.02 Å². The largest absolute Gasteiger partial charge is 0.477 e. The number of benzene rings is 1. The van der Waals surface area contributed by atoms with E-state index in [1.807, 2.05) is 0 Å². The molecule has 0 radical (unpaired) electrons. The summed E-state index contributed by atoms with van der Waals surface area (Å²) in [5, 5.41) is 11.1. The molecule has 1 saturated heterocycles. The molecule has 21 heavy (non-hydrogen) atoms. The summed E-state index contributed by atoms with van der Waals surface area (Å²) in [6.45, 7) is 0.396. The van der Waals surface area contributed by atoms with Crippen molar-refractivity contribution >= 4 is 29.0 Å². The number of hydrogen-bond acceptors (Lipinski definition) is 5. The highest BCUT2D eigenvalue weighted by atomic mass is 35.5. The number of carbonyl (C=O) groups is 2. The van der Waals surface area contributed by atoms with Gasteiger partial charge in [-0.2, -0.15) is 0 Å². The van der Waals surface area contributed by atoms with E-state index in [4.69, 9.17) is 16.3 Å². The number of Topliss-reactive ketones (excluding diaryl/α,β-unsaturated/α-hetero) is 1. The lowest BCUT2D eigenvalue weighted by atomic mass is 10.1. The molecule has 2 rings (SSSR count). The number of nitrogens with zero attached hydrogens (tertiary/aromatic N) is 2. The Morgan fingerprint density at radius 1 is 1.38 bits per heavy atom. The van der Waals surface area contributed by atoms with Gasteiger partial charge in [-0.1, -0.05) is 11.6 Å². The fourth-order valence-electron chi connectivity index (χ4n) is 1.99. The molecule has 0 aromatic heterocycles. The molecule has 1 aliphatic heterocycles. The van der Waals surface area contributed by atoms with Crippen LogP contribution in [0.15, 0.2) is 18.2 Å². The smallest absolute Gasteiger partial charge is 0.311 e. The molecule has 0 unspecified atom stereocenters. The number of ketones is 1. The van der Waals surface area contributed by atoms with Crippen LogP contribution in [0.5, 0.6) is 5.75 Å². The predicted octanol–water partition coefficient (Wildman–Crippen LogP) is 1.82. The molecule has 0 atom stereocenters. The number of piperidine rings is 1. The highest BCUT2D eigenvalue weighted by Crippen LogP contribution is 2.29. The van der Waals surface area contributed by atoms with Crippen LogP contribution in [0.3, 0.4) is 0 Å². The summed E-state index contributed by atoms with van der Waals surface area (Å²) in [6.07, 6.45) is 0.673. The number of rotatable bonds is 4. The zero-order valence-electron chi connectivity index (χ0n) is 11.1. The normalized spacial score (nSPS) is 14.9. The maximum absolute atomic E-state index is 11.9. The second-order valence-corrected chi connectivity index (χ2v) is 5.01. The van der Waals surface area contributed by atoms with Gasteiger partial charge in [0, 0.05) is 43.1 Å². The molecule has 112 valence electrons. The third-order valence-corrected chi connectivity index (χ3v) is 3.38. The Balaban J connectivity index is 1.99. The molecular weight excluding hydrogens is 300 g/mol. The van der Waals surface area contributed by atoms with Crippen LogP contribution in [-0.2, 0) is 9.59 Å². The van der Waals surface area contributed by atoms with E-state index in [0.717, 1.165) is 0 Å². The van der Waals surface area contributed by atoms with Crippen molar-refractivity contribution in [2.24, 2.45) is 0 Å². The van der Waals surface area contributed by atoms with E-state index in [-0.39, 0.29) is 34.8 Å². The molecule has 0 saturated carbocycles. The SMILES string of the molecule is O=C1CCN(C(=O)COc2cc(Cl)ccc2[N+](=O)[O-])CC1. The second kappa shape index (κ2) is 6.53. The lowest BCUT2D eigenvalue weighted by Crippen LogP contribution is -2.41. The van der Waals surface area contributed by atoms with E-state index in [1.54, 1.807) is 0 Å². The number of hydrogen-bond donors (Lipinski definition) is 0. The van der Waals surface area contributed by atoms with Gasteiger partial charge in [0.15, 0.2) is 12.4 Å². The molecule has 0 bridgehead atoms. The van der Waals surface area contributed by atoms with Gasteiger partial charge >= 0.3 is 5.69 Å². The lowest BCUT2D eigenvalue weighted by molar-refractivity contribution is -0.385. The van der Waals surface area contributed by atoms with Crippen molar-refractivity contribution < 1.29 is 19.2 Å². The van der Waals surface area contributed by atoms with Crippen molar-refractivity contribution in [3.8, 4) is 5.75 Å². The predicted molar refractivity (Wildman–Crippen MR) is 74.4 cm³/mol. The Kier molecular flexibility index (Phi) is 4.74. The monoisotopic (exact) mass is 312 g/mol. The van der Waals surface area contributed by atoms with Gasteiger partial charge in [0.25, 0.3) is 5.91 Å². The van der Waals surface area contributed by atoms with E-state index in [1.165, 1.54) is 23.1 Å². The average molecular weight is 313 g/mol. The van der Waals surface area contributed by atoms with Crippen molar-refractivity contribution in [1.82, 2.24) is 4.90 Å². The standard InChI is InChI=1S/C13H13ClN2O5/c14-9-1-2-11(16(19)20)12(7-9)21-8-13(18)15-5-3-10(17)4-6-15/h1-2,7H,3-6,8H2. The van der Waals surface area contributed by atoms with Gasteiger partial charge in [0.1, 0.15) is 5.78 Å². The first-order valence-corrected chi connectivity index (χ1v) is 6.71. The van der Waals surface area contributed by atoms with Crippen molar-refractivity contribution in [1.29, 1.82) is 0 Å². The van der Waals surface area contributed by atoms with Gasteiger partial charge < -0.3 is 9.64 Å². The minimum Gasteiger partial charge on any atom is -0.477 e. The molecule has 1 amide bonds. The summed E-state index contributed by atoms with van der Waals surface area (Å²) in [7, 11) is 0. The highest BCUT2D eigenvalue weighted by molar-refractivity contribution is 6.30. The molecule has 8 heteroatoms. The zero-order valence-corrected chi connectivity index (χ0v) is 11.8. The summed E-state index contributed by atoms with van der Waals surface area (Å²) < 4.78 is 5.22. The first-order valence-electron chi connectivity index (χ1n) is 6.33.